The molecule has 0 bridgehead atoms. The lowest BCUT2D eigenvalue weighted by molar-refractivity contribution is 0.723. The largest absolute Gasteiger partial charge is 0.256 e. The van der Waals surface area contributed by atoms with Crippen molar-refractivity contribution in [3.05, 3.63) is 54.2 Å². The molecule has 0 spiro atoms. The van der Waals surface area contributed by atoms with Crippen LogP contribution in [0.15, 0.2) is 48.7 Å². The second kappa shape index (κ2) is 4.70. The van der Waals surface area contributed by atoms with E-state index >= 15 is 0 Å². The first kappa shape index (κ1) is 10.5. The molecule has 0 saturated heterocycles. The van der Waals surface area contributed by atoms with Crippen molar-refractivity contribution < 1.29 is 0 Å². The molecule has 0 N–H and O–H groups in total. The van der Waals surface area contributed by atoms with E-state index in [0.29, 0.717) is 0 Å². The van der Waals surface area contributed by atoms with Gasteiger partial charge in [-0.15, -0.1) is 0 Å². The van der Waals surface area contributed by atoms with E-state index in [1.54, 1.807) is 0 Å². The minimum atomic E-state index is 0.777. The predicted octanol–water partition coefficient (Wildman–Crippen LogP) is 4.41. The number of nitrogens with zero attached hydrogens (tertiary/aromatic N) is 1. The van der Waals surface area contributed by atoms with Crippen molar-refractivity contribution in [3.8, 4) is 11.3 Å². The molecular weight excluding hydrogens is 206 g/mol. The summed E-state index contributed by atoms with van der Waals surface area (Å²) in [7, 11) is 0. The van der Waals surface area contributed by atoms with E-state index in [0.717, 1.165) is 11.6 Å². The van der Waals surface area contributed by atoms with Gasteiger partial charge in [-0.1, -0.05) is 37.1 Å². The normalized spacial score (nSPS) is 16.2. The van der Waals surface area contributed by atoms with Crippen LogP contribution in [-0.4, -0.2) is 4.98 Å². The minimum Gasteiger partial charge on any atom is -0.256 e. The van der Waals surface area contributed by atoms with Crippen LogP contribution in [0.2, 0.25) is 0 Å². The molecular formula is C16H17N. The SMILES string of the molecule is c1ccc(-c2cccc(C3CCCC3)c2)nc1. The number of hydrogen-bond acceptors (Lipinski definition) is 1. The zero-order valence-electron chi connectivity index (χ0n) is 9.97. The lowest BCUT2D eigenvalue weighted by Crippen LogP contribution is -1.92. The number of benzene rings is 1. The van der Waals surface area contributed by atoms with Crippen LogP contribution < -0.4 is 0 Å². The Morgan fingerprint density at radius 1 is 0.941 bits per heavy atom. The summed E-state index contributed by atoms with van der Waals surface area (Å²) in [5.74, 6) is 0.777. The quantitative estimate of drug-likeness (QED) is 0.735. The molecule has 1 saturated carbocycles. The highest BCUT2D eigenvalue weighted by atomic mass is 14.7. The van der Waals surface area contributed by atoms with Gasteiger partial charge in [0, 0.05) is 11.8 Å². The predicted molar refractivity (Wildman–Crippen MR) is 70.9 cm³/mol. The maximum Gasteiger partial charge on any atom is 0.0702 e. The Kier molecular flexibility index (Phi) is 2.91. The maximum absolute atomic E-state index is 4.42. The van der Waals surface area contributed by atoms with Crippen LogP contribution in [0, 0.1) is 0 Å². The summed E-state index contributed by atoms with van der Waals surface area (Å²) in [5.41, 5.74) is 3.81. The molecule has 1 aliphatic rings. The molecule has 0 unspecified atom stereocenters. The molecule has 1 heteroatoms. The minimum absolute atomic E-state index is 0.777. The second-order valence-electron chi connectivity index (χ2n) is 4.82. The monoisotopic (exact) mass is 223 g/mol. The molecule has 3 rings (SSSR count). The summed E-state index contributed by atoms with van der Waals surface area (Å²) in [4.78, 5) is 4.42. The van der Waals surface area contributed by atoms with Crippen LogP contribution in [0.4, 0.5) is 0 Å². The first-order valence-electron chi connectivity index (χ1n) is 6.45. The van der Waals surface area contributed by atoms with Crippen LogP contribution in [0.1, 0.15) is 37.2 Å². The Bertz CT molecular complexity index is 484. The topological polar surface area (TPSA) is 12.9 Å². The number of pyridine rings is 1. The molecule has 1 aliphatic carbocycles. The third-order valence-electron chi connectivity index (χ3n) is 3.67. The fourth-order valence-corrected chi connectivity index (χ4v) is 2.74. The highest BCUT2D eigenvalue weighted by molar-refractivity contribution is 5.60. The number of hydrogen-bond donors (Lipinski definition) is 0. The van der Waals surface area contributed by atoms with Gasteiger partial charge in [0.05, 0.1) is 5.69 Å². The molecule has 0 aliphatic heterocycles. The van der Waals surface area contributed by atoms with Crippen molar-refractivity contribution in [2.24, 2.45) is 0 Å². The molecule has 1 heterocycles. The Balaban J connectivity index is 1.94. The van der Waals surface area contributed by atoms with E-state index in [2.05, 4.69) is 35.3 Å². The highest BCUT2D eigenvalue weighted by Gasteiger charge is 2.17. The zero-order chi connectivity index (χ0) is 11.5. The average Bonchev–Trinajstić information content (AvgIpc) is 2.94. The maximum atomic E-state index is 4.42. The van der Waals surface area contributed by atoms with Crippen molar-refractivity contribution in [1.82, 2.24) is 4.98 Å². The zero-order valence-corrected chi connectivity index (χ0v) is 9.97. The number of aromatic nitrogens is 1. The smallest absolute Gasteiger partial charge is 0.0702 e. The molecule has 86 valence electrons. The van der Waals surface area contributed by atoms with E-state index in [-0.39, 0.29) is 0 Å². The Labute approximate surface area is 103 Å². The van der Waals surface area contributed by atoms with Gasteiger partial charge in [0.1, 0.15) is 0 Å². The van der Waals surface area contributed by atoms with Crippen molar-refractivity contribution in [3.63, 3.8) is 0 Å². The van der Waals surface area contributed by atoms with Gasteiger partial charge in [-0.2, -0.15) is 0 Å². The Hall–Kier alpha value is -1.63. The highest BCUT2D eigenvalue weighted by Crippen LogP contribution is 2.35. The van der Waals surface area contributed by atoms with Gasteiger partial charge < -0.3 is 0 Å². The van der Waals surface area contributed by atoms with Gasteiger partial charge in [0.2, 0.25) is 0 Å². The van der Waals surface area contributed by atoms with E-state index in [4.69, 9.17) is 0 Å². The fourth-order valence-electron chi connectivity index (χ4n) is 2.74. The molecule has 1 nitrogen and oxygen atoms in total. The van der Waals surface area contributed by atoms with Crippen molar-refractivity contribution >= 4 is 0 Å². The van der Waals surface area contributed by atoms with Gasteiger partial charge in [0.15, 0.2) is 0 Å². The van der Waals surface area contributed by atoms with E-state index < -0.39 is 0 Å². The summed E-state index contributed by atoms with van der Waals surface area (Å²) in [6.45, 7) is 0. The van der Waals surface area contributed by atoms with Crippen LogP contribution in [0.25, 0.3) is 11.3 Å². The lowest BCUT2D eigenvalue weighted by Gasteiger charge is -2.10. The van der Waals surface area contributed by atoms with Gasteiger partial charge in [-0.05, 0) is 42.5 Å². The van der Waals surface area contributed by atoms with Gasteiger partial charge in [-0.25, -0.2) is 0 Å². The summed E-state index contributed by atoms with van der Waals surface area (Å²) < 4.78 is 0. The molecule has 1 aromatic carbocycles. The molecule has 0 radical (unpaired) electrons. The summed E-state index contributed by atoms with van der Waals surface area (Å²) in [5, 5.41) is 0. The van der Waals surface area contributed by atoms with E-state index in [1.807, 2.05) is 18.3 Å². The average molecular weight is 223 g/mol. The van der Waals surface area contributed by atoms with Gasteiger partial charge in [-0.3, -0.25) is 4.98 Å². The van der Waals surface area contributed by atoms with Gasteiger partial charge >= 0.3 is 0 Å². The standard InChI is InChI=1S/C16H17N/c1-2-7-13(6-1)14-8-5-9-15(12-14)16-10-3-4-11-17-16/h3-5,8-13H,1-2,6-7H2. The first-order chi connectivity index (χ1) is 8.43. The van der Waals surface area contributed by atoms with Crippen LogP contribution in [0.3, 0.4) is 0 Å². The van der Waals surface area contributed by atoms with Crippen molar-refractivity contribution in [2.45, 2.75) is 31.6 Å². The van der Waals surface area contributed by atoms with Crippen LogP contribution >= 0.6 is 0 Å². The molecule has 17 heavy (non-hydrogen) atoms. The third-order valence-corrected chi connectivity index (χ3v) is 3.67. The fraction of sp³-hybridized carbons (Fsp3) is 0.312. The number of rotatable bonds is 2. The summed E-state index contributed by atoms with van der Waals surface area (Å²) in [6, 6.07) is 15.0. The molecule has 1 aromatic heterocycles. The van der Waals surface area contributed by atoms with Crippen molar-refractivity contribution in [1.29, 1.82) is 0 Å². The van der Waals surface area contributed by atoms with Gasteiger partial charge in [0.25, 0.3) is 0 Å². The first-order valence-corrected chi connectivity index (χ1v) is 6.45. The second-order valence-corrected chi connectivity index (χ2v) is 4.82. The third kappa shape index (κ3) is 2.23. The molecule has 2 aromatic rings. The van der Waals surface area contributed by atoms with E-state index in [1.165, 1.54) is 36.8 Å². The lowest BCUT2D eigenvalue weighted by atomic mass is 9.95. The molecule has 0 amide bonds. The Morgan fingerprint density at radius 2 is 1.82 bits per heavy atom. The van der Waals surface area contributed by atoms with E-state index in [9.17, 15) is 0 Å². The summed E-state index contributed by atoms with van der Waals surface area (Å²) >= 11 is 0. The summed E-state index contributed by atoms with van der Waals surface area (Å²) in [6.07, 6.45) is 7.34. The molecule has 0 atom stereocenters. The Morgan fingerprint density at radius 3 is 2.59 bits per heavy atom. The van der Waals surface area contributed by atoms with Crippen LogP contribution in [0.5, 0.6) is 0 Å². The van der Waals surface area contributed by atoms with Crippen LogP contribution in [-0.2, 0) is 0 Å². The molecule has 1 fully saturated rings. The van der Waals surface area contributed by atoms with Crippen molar-refractivity contribution in [2.75, 3.05) is 0 Å².